The van der Waals surface area contributed by atoms with Crippen LogP contribution in [0.15, 0.2) is 12.7 Å². The molecule has 0 bridgehead atoms. The summed E-state index contributed by atoms with van der Waals surface area (Å²) in [7, 11) is 0. The van der Waals surface area contributed by atoms with Gasteiger partial charge in [0, 0.05) is 6.42 Å². The number of nitrogens with one attached hydrogen (secondary N) is 1. The Morgan fingerprint density at radius 2 is 2.30 bits per heavy atom. The van der Waals surface area contributed by atoms with Crippen LogP contribution >= 0.6 is 0 Å². The first kappa shape index (κ1) is 9.19. The average molecular weight is 138 g/mol. The maximum atomic E-state index is 8.18. The topological polar surface area (TPSA) is 35.8 Å². The molecule has 0 aliphatic heterocycles. The molecule has 0 fully saturated rings. The minimum Gasteiger partial charge on any atom is -0.316 e. The minimum absolute atomic E-state index is 0.654. The Kier molecular flexibility index (Phi) is 7.53. The lowest BCUT2D eigenvalue weighted by Gasteiger charge is -1.98. The van der Waals surface area contributed by atoms with E-state index in [4.69, 9.17) is 5.26 Å². The van der Waals surface area contributed by atoms with Crippen molar-refractivity contribution in [3.8, 4) is 6.07 Å². The zero-order chi connectivity index (χ0) is 7.66. The molecule has 0 heterocycles. The molecule has 0 spiro atoms. The van der Waals surface area contributed by atoms with Gasteiger partial charge in [-0.2, -0.15) is 5.26 Å². The van der Waals surface area contributed by atoms with Crippen LogP contribution < -0.4 is 5.32 Å². The SMILES string of the molecule is C=CCCNCCCC#N. The van der Waals surface area contributed by atoms with Crippen LogP contribution in [0.1, 0.15) is 19.3 Å². The number of rotatable bonds is 6. The van der Waals surface area contributed by atoms with E-state index >= 15 is 0 Å². The monoisotopic (exact) mass is 138 g/mol. The highest BCUT2D eigenvalue weighted by atomic mass is 14.8. The van der Waals surface area contributed by atoms with Crippen molar-refractivity contribution >= 4 is 0 Å². The highest BCUT2D eigenvalue weighted by Crippen LogP contribution is 1.83. The summed E-state index contributed by atoms with van der Waals surface area (Å²) < 4.78 is 0. The fourth-order valence-electron chi connectivity index (χ4n) is 0.622. The van der Waals surface area contributed by atoms with Crippen LogP contribution in [0.25, 0.3) is 0 Å². The van der Waals surface area contributed by atoms with Crippen molar-refractivity contribution in [1.82, 2.24) is 5.32 Å². The molecule has 0 atom stereocenters. The predicted molar refractivity (Wildman–Crippen MR) is 42.5 cm³/mol. The van der Waals surface area contributed by atoms with Gasteiger partial charge in [0.15, 0.2) is 0 Å². The van der Waals surface area contributed by atoms with Gasteiger partial charge < -0.3 is 5.32 Å². The van der Waals surface area contributed by atoms with Crippen LogP contribution in [-0.4, -0.2) is 13.1 Å². The lowest BCUT2D eigenvalue weighted by Crippen LogP contribution is -2.15. The molecule has 0 rings (SSSR count). The fraction of sp³-hybridized carbons (Fsp3) is 0.625. The Morgan fingerprint density at radius 1 is 1.50 bits per heavy atom. The van der Waals surface area contributed by atoms with E-state index in [9.17, 15) is 0 Å². The van der Waals surface area contributed by atoms with Crippen LogP contribution in [0.4, 0.5) is 0 Å². The molecule has 0 aliphatic rings. The van der Waals surface area contributed by atoms with E-state index in [1.807, 2.05) is 6.08 Å². The second-order valence-corrected chi connectivity index (χ2v) is 2.09. The van der Waals surface area contributed by atoms with Gasteiger partial charge in [0.1, 0.15) is 0 Å². The number of nitrogens with zero attached hydrogens (tertiary/aromatic N) is 1. The number of hydrogen-bond acceptors (Lipinski definition) is 2. The van der Waals surface area contributed by atoms with Crippen LogP contribution in [0.2, 0.25) is 0 Å². The third-order valence-corrected chi connectivity index (χ3v) is 1.17. The van der Waals surface area contributed by atoms with E-state index in [1.165, 1.54) is 0 Å². The lowest BCUT2D eigenvalue weighted by atomic mass is 10.3. The van der Waals surface area contributed by atoms with Gasteiger partial charge in [0.25, 0.3) is 0 Å². The van der Waals surface area contributed by atoms with Gasteiger partial charge in [0.05, 0.1) is 6.07 Å². The van der Waals surface area contributed by atoms with E-state index in [2.05, 4.69) is 18.0 Å². The molecule has 0 saturated carbocycles. The number of nitriles is 1. The molecule has 1 N–H and O–H groups in total. The first-order valence-corrected chi connectivity index (χ1v) is 3.60. The normalized spacial score (nSPS) is 8.70. The molecule has 0 saturated heterocycles. The highest BCUT2D eigenvalue weighted by molar-refractivity contribution is 4.70. The molecule has 0 aromatic carbocycles. The van der Waals surface area contributed by atoms with Gasteiger partial charge in [-0.3, -0.25) is 0 Å². The van der Waals surface area contributed by atoms with Crippen LogP contribution in [0, 0.1) is 11.3 Å². The van der Waals surface area contributed by atoms with Gasteiger partial charge >= 0.3 is 0 Å². The standard InChI is InChI=1S/C8H14N2/c1-2-3-7-10-8-5-4-6-9/h2,10H,1,3-5,7-8H2. The van der Waals surface area contributed by atoms with Gasteiger partial charge in [-0.15, -0.1) is 6.58 Å². The molecular weight excluding hydrogens is 124 g/mol. The number of hydrogen-bond donors (Lipinski definition) is 1. The highest BCUT2D eigenvalue weighted by Gasteiger charge is 1.84. The van der Waals surface area contributed by atoms with Crippen molar-refractivity contribution < 1.29 is 0 Å². The number of unbranched alkanes of at least 4 members (excludes halogenated alkanes) is 1. The zero-order valence-corrected chi connectivity index (χ0v) is 6.27. The summed E-state index contributed by atoms with van der Waals surface area (Å²) in [5, 5.41) is 11.4. The Labute approximate surface area is 62.5 Å². The van der Waals surface area contributed by atoms with Gasteiger partial charge in [-0.05, 0) is 25.9 Å². The minimum atomic E-state index is 0.654. The first-order valence-electron chi connectivity index (χ1n) is 3.60. The lowest BCUT2D eigenvalue weighted by molar-refractivity contribution is 0.661. The van der Waals surface area contributed by atoms with Crippen molar-refractivity contribution in [3.05, 3.63) is 12.7 Å². The maximum Gasteiger partial charge on any atom is 0.0622 e. The molecule has 2 nitrogen and oxygen atoms in total. The second-order valence-electron chi connectivity index (χ2n) is 2.09. The predicted octanol–water partition coefficient (Wildman–Crippen LogP) is 1.46. The van der Waals surface area contributed by atoms with Crippen molar-refractivity contribution in [2.75, 3.05) is 13.1 Å². The molecule has 0 unspecified atom stereocenters. The summed E-state index contributed by atoms with van der Waals surface area (Å²) >= 11 is 0. The van der Waals surface area contributed by atoms with E-state index in [0.717, 1.165) is 25.9 Å². The third kappa shape index (κ3) is 7.19. The molecule has 0 amide bonds. The summed E-state index contributed by atoms with van der Waals surface area (Å²) in [6.07, 6.45) is 4.50. The average Bonchev–Trinajstić information content (AvgIpc) is 1.97. The van der Waals surface area contributed by atoms with Crippen LogP contribution in [-0.2, 0) is 0 Å². The van der Waals surface area contributed by atoms with Gasteiger partial charge in [-0.25, -0.2) is 0 Å². The maximum absolute atomic E-state index is 8.18. The van der Waals surface area contributed by atoms with Gasteiger partial charge in [-0.1, -0.05) is 6.08 Å². The summed E-state index contributed by atoms with van der Waals surface area (Å²) in [5.41, 5.74) is 0. The summed E-state index contributed by atoms with van der Waals surface area (Å²) in [5.74, 6) is 0. The van der Waals surface area contributed by atoms with Crippen molar-refractivity contribution in [3.63, 3.8) is 0 Å². The summed E-state index contributed by atoms with van der Waals surface area (Å²) in [4.78, 5) is 0. The summed E-state index contributed by atoms with van der Waals surface area (Å²) in [6.45, 7) is 5.53. The second kappa shape index (κ2) is 8.19. The molecule has 0 aromatic heterocycles. The molecule has 0 aromatic rings. The molecular formula is C8H14N2. The fourth-order valence-corrected chi connectivity index (χ4v) is 0.622. The molecule has 0 radical (unpaired) electrons. The molecule has 0 aliphatic carbocycles. The van der Waals surface area contributed by atoms with E-state index in [1.54, 1.807) is 0 Å². The molecule has 2 heteroatoms. The van der Waals surface area contributed by atoms with Crippen molar-refractivity contribution in [2.24, 2.45) is 0 Å². The van der Waals surface area contributed by atoms with Crippen LogP contribution in [0.5, 0.6) is 0 Å². The molecule has 10 heavy (non-hydrogen) atoms. The zero-order valence-electron chi connectivity index (χ0n) is 6.27. The van der Waals surface area contributed by atoms with Crippen molar-refractivity contribution in [2.45, 2.75) is 19.3 Å². The quantitative estimate of drug-likeness (QED) is 0.445. The van der Waals surface area contributed by atoms with E-state index in [-0.39, 0.29) is 0 Å². The van der Waals surface area contributed by atoms with Crippen LogP contribution in [0.3, 0.4) is 0 Å². The third-order valence-electron chi connectivity index (χ3n) is 1.17. The van der Waals surface area contributed by atoms with E-state index < -0.39 is 0 Å². The smallest absolute Gasteiger partial charge is 0.0622 e. The van der Waals surface area contributed by atoms with Crippen molar-refractivity contribution in [1.29, 1.82) is 5.26 Å². The first-order chi connectivity index (χ1) is 4.91. The Balaban J connectivity index is 2.78. The Hall–Kier alpha value is -0.810. The Bertz CT molecular complexity index is 113. The van der Waals surface area contributed by atoms with E-state index in [0.29, 0.717) is 6.42 Å². The molecule has 56 valence electrons. The Morgan fingerprint density at radius 3 is 2.90 bits per heavy atom. The largest absolute Gasteiger partial charge is 0.316 e. The summed E-state index contributed by atoms with van der Waals surface area (Å²) in [6, 6.07) is 2.10. The van der Waals surface area contributed by atoms with Gasteiger partial charge in [0.2, 0.25) is 0 Å².